The van der Waals surface area contributed by atoms with Gasteiger partial charge in [-0.25, -0.2) is 4.98 Å². The fourth-order valence-corrected chi connectivity index (χ4v) is 4.27. The maximum atomic E-state index is 9.95. The van der Waals surface area contributed by atoms with E-state index in [2.05, 4.69) is 32.3 Å². The fourth-order valence-electron chi connectivity index (χ4n) is 3.17. The van der Waals surface area contributed by atoms with Crippen LogP contribution in [0.4, 0.5) is 5.82 Å². The molecule has 1 aliphatic rings. The molecule has 4 rings (SSSR count). The first-order valence-corrected chi connectivity index (χ1v) is 9.23. The van der Waals surface area contributed by atoms with E-state index >= 15 is 0 Å². The van der Waals surface area contributed by atoms with Crippen LogP contribution in [0.1, 0.15) is 5.56 Å². The van der Waals surface area contributed by atoms with E-state index in [1.54, 1.807) is 29.7 Å². The number of pyridine rings is 1. The van der Waals surface area contributed by atoms with Gasteiger partial charge in [0, 0.05) is 48.6 Å². The largest absolute Gasteiger partial charge is 0.504 e. The van der Waals surface area contributed by atoms with Crippen molar-refractivity contribution in [1.82, 2.24) is 9.88 Å². The third-order valence-corrected chi connectivity index (χ3v) is 5.69. The summed E-state index contributed by atoms with van der Waals surface area (Å²) in [6.07, 6.45) is 1.72. The highest BCUT2D eigenvalue weighted by Crippen LogP contribution is 2.30. The van der Waals surface area contributed by atoms with Crippen molar-refractivity contribution in [3.05, 3.63) is 52.5 Å². The summed E-state index contributed by atoms with van der Waals surface area (Å²) in [5.41, 5.74) is 1.34. The molecule has 4 nitrogen and oxygen atoms in total. The Kier molecular flexibility index (Phi) is 4.31. The summed E-state index contributed by atoms with van der Waals surface area (Å²) in [7, 11) is 0. The number of nitrogens with zero attached hydrogens (tertiary/aromatic N) is 3. The summed E-state index contributed by atoms with van der Waals surface area (Å²) in [4.78, 5) is 8.89. The van der Waals surface area contributed by atoms with Gasteiger partial charge in [0.05, 0.1) is 0 Å². The van der Waals surface area contributed by atoms with Crippen LogP contribution in [-0.2, 0) is 6.54 Å². The predicted octanol–water partition coefficient (Wildman–Crippen LogP) is 3.98. The van der Waals surface area contributed by atoms with Crippen molar-refractivity contribution in [3.63, 3.8) is 0 Å². The van der Waals surface area contributed by atoms with Gasteiger partial charge in [0.25, 0.3) is 0 Å². The molecule has 1 aliphatic heterocycles. The number of benzene rings is 1. The smallest absolute Gasteiger partial charge is 0.171 e. The molecule has 0 spiro atoms. The Hall–Kier alpha value is -1.82. The number of halogens is 1. The van der Waals surface area contributed by atoms with E-state index < -0.39 is 0 Å². The maximum absolute atomic E-state index is 9.95. The van der Waals surface area contributed by atoms with Crippen molar-refractivity contribution < 1.29 is 5.11 Å². The van der Waals surface area contributed by atoms with Crippen LogP contribution in [-0.4, -0.2) is 41.2 Å². The van der Waals surface area contributed by atoms with Crippen molar-refractivity contribution >= 4 is 38.8 Å². The quantitative estimate of drug-likeness (QED) is 0.767. The Labute approximate surface area is 149 Å². The minimum Gasteiger partial charge on any atom is -0.504 e. The van der Waals surface area contributed by atoms with Crippen molar-refractivity contribution in [2.45, 2.75) is 6.54 Å². The number of piperazine rings is 1. The predicted molar refractivity (Wildman–Crippen MR) is 100 cm³/mol. The number of rotatable bonds is 3. The van der Waals surface area contributed by atoms with Gasteiger partial charge in [-0.1, -0.05) is 11.6 Å². The first kappa shape index (κ1) is 15.7. The average molecular weight is 360 g/mol. The molecule has 0 aliphatic carbocycles. The Balaban J connectivity index is 1.44. The zero-order valence-corrected chi connectivity index (χ0v) is 14.7. The van der Waals surface area contributed by atoms with Crippen molar-refractivity contribution in [2.24, 2.45) is 0 Å². The lowest BCUT2D eigenvalue weighted by Gasteiger charge is -2.35. The lowest BCUT2D eigenvalue weighted by atomic mass is 10.1. The number of thiophene rings is 1. The molecule has 24 heavy (non-hydrogen) atoms. The average Bonchev–Trinajstić information content (AvgIpc) is 2.98. The second kappa shape index (κ2) is 6.59. The topological polar surface area (TPSA) is 39.6 Å². The van der Waals surface area contributed by atoms with Crippen molar-refractivity contribution in [1.29, 1.82) is 0 Å². The molecule has 1 saturated heterocycles. The van der Waals surface area contributed by atoms with E-state index in [1.807, 2.05) is 6.07 Å². The zero-order valence-electron chi connectivity index (χ0n) is 13.2. The normalized spacial score (nSPS) is 16.0. The van der Waals surface area contributed by atoms with Crippen LogP contribution >= 0.6 is 22.9 Å². The molecule has 0 amide bonds. The van der Waals surface area contributed by atoms with Gasteiger partial charge in [-0.3, -0.25) is 4.90 Å². The number of fused-ring (bicyclic) bond motifs is 1. The highest BCUT2D eigenvalue weighted by atomic mass is 35.5. The van der Waals surface area contributed by atoms with Gasteiger partial charge in [-0.05, 0) is 46.7 Å². The fraction of sp³-hybridized carbons (Fsp3) is 0.278. The van der Waals surface area contributed by atoms with Gasteiger partial charge in [0.15, 0.2) is 11.6 Å². The molecular formula is C18H18ClN3OS. The SMILES string of the molecule is Oc1cccnc1N1CCN(Cc2csc3ccc(Cl)cc23)CC1. The minimum absolute atomic E-state index is 0.254. The van der Waals surface area contributed by atoms with Crippen LogP contribution in [0.15, 0.2) is 41.9 Å². The summed E-state index contributed by atoms with van der Waals surface area (Å²) >= 11 is 7.92. The second-order valence-corrected chi connectivity index (χ2v) is 7.36. The molecular weight excluding hydrogens is 342 g/mol. The van der Waals surface area contributed by atoms with Gasteiger partial charge in [0.1, 0.15) is 0 Å². The minimum atomic E-state index is 0.254. The standard InChI is InChI=1S/C18H18ClN3OS/c19-14-3-4-17-15(10-14)13(12-24-17)11-21-6-8-22(9-7-21)18-16(23)2-1-5-20-18/h1-5,10,12,23H,6-9,11H2. The summed E-state index contributed by atoms with van der Waals surface area (Å²) in [6, 6.07) is 9.54. The van der Waals surface area contributed by atoms with Crippen molar-refractivity contribution in [3.8, 4) is 5.75 Å². The Morgan fingerprint density at radius 3 is 2.79 bits per heavy atom. The molecule has 3 heterocycles. The summed E-state index contributed by atoms with van der Waals surface area (Å²) in [5.74, 6) is 0.939. The van der Waals surface area contributed by atoms with Crippen LogP contribution in [0.25, 0.3) is 10.1 Å². The first-order chi connectivity index (χ1) is 11.7. The molecule has 6 heteroatoms. The van der Waals surface area contributed by atoms with E-state index in [4.69, 9.17) is 11.6 Å². The number of hydrogen-bond donors (Lipinski definition) is 1. The third kappa shape index (κ3) is 3.07. The Bertz CT molecular complexity index is 858. The van der Waals surface area contributed by atoms with E-state index in [1.165, 1.54) is 15.6 Å². The molecule has 0 saturated carbocycles. The molecule has 0 unspecified atom stereocenters. The Morgan fingerprint density at radius 2 is 2.00 bits per heavy atom. The second-order valence-electron chi connectivity index (χ2n) is 6.01. The van der Waals surface area contributed by atoms with Gasteiger partial charge in [-0.15, -0.1) is 11.3 Å². The first-order valence-electron chi connectivity index (χ1n) is 7.97. The lowest BCUT2D eigenvalue weighted by molar-refractivity contribution is 0.249. The zero-order chi connectivity index (χ0) is 16.5. The maximum Gasteiger partial charge on any atom is 0.171 e. The van der Waals surface area contributed by atoms with E-state index in [0.717, 1.165) is 37.7 Å². The third-order valence-electron chi connectivity index (χ3n) is 4.45. The molecule has 1 N–H and O–H groups in total. The number of aromatic hydroxyl groups is 1. The van der Waals surface area contributed by atoms with Gasteiger partial charge >= 0.3 is 0 Å². The van der Waals surface area contributed by atoms with Gasteiger partial charge in [0.2, 0.25) is 0 Å². The van der Waals surface area contributed by atoms with Crippen LogP contribution in [0.5, 0.6) is 5.75 Å². The van der Waals surface area contributed by atoms with E-state index in [0.29, 0.717) is 5.82 Å². The summed E-state index contributed by atoms with van der Waals surface area (Å²) in [5, 5.41) is 14.2. The van der Waals surface area contributed by atoms with Crippen LogP contribution in [0, 0.1) is 0 Å². The number of hydrogen-bond acceptors (Lipinski definition) is 5. The number of aromatic nitrogens is 1. The molecule has 2 aromatic heterocycles. The highest BCUT2D eigenvalue weighted by Gasteiger charge is 2.20. The molecule has 1 fully saturated rings. The van der Waals surface area contributed by atoms with Gasteiger partial charge in [-0.2, -0.15) is 0 Å². The van der Waals surface area contributed by atoms with Crippen molar-refractivity contribution in [2.75, 3.05) is 31.1 Å². The molecule has 0 bridgehead atoms. The Morgan fingerprint density at radius 1 is 1.17 bits per heavy atom. The van der Waals surface area contributed by atoms with E-state index in [-0.39, 0.29) is 5.75 Å². The van der Waals surface area contributed by atoms with Gasteiger partial charge < -0.3 is 10.0 Å². The molecule has 0 atom stereocenters. The van der Waals surface area contributed by atoms with Crippen LogP contribution in [0.3, 0.4) is 0 Å². The molecule has 0 radical (unpaired) electrons. The monoisotopic (exact) mass is 359 g/mol. The summed E-state index contributed by atoms with van der Waals surface area (Å²) < 4.78 is 1.28. The summed E-state index contributed by atoms with van der Waals surface area (Å²) in [6.45, 7) is 4.57. The highest BCUT2D eigenvalue weighted by molar-refractivity contribution is 7.17. The number of anilines is 1. The lowest BCUT2D eigenvalue weighted by Crippen LogP contribution is -2.46. The van der Waals surface area contributed by atoms with E-state index in [9.17, 15) is 5.11 Å². The molecule has 3 aromatic rings. The molecule has 1 aromatic carbocycles. The van der Waals surface area contributed by atoms with Crippen LogP contribution in [0.2, 0.25) is 5.02 Å². The van der Waals surface area contributed by atoms with Crippen LogP contribution < -0.4 is 4.90 Å². The molecule has 124 valence electrons.